The number of halogens is 2. The summed E-state index contributed by atoms with van der Waals surface area (Å²) in [6, 6.07) is 17.0. The van der Waals surface area contributed by atoms with Crippen molar-refractivity contribution in [1.82, 2.24) is 24.5 Å². The van der Waals surface area contributed by atoms with Gasteiger partial charge in [0.25, 0.3) is 0 Å². The Balaban J connectivity index is 1.42. The van der Waals surface area contributed by atoms with Gasteiger partial charge in [-0.05, 0) is 24.3 Å². The second-order valence-electron chi connectivity index (χ2n) is 6.15. The predicted octanol–water partition coefficient (Wildman–Crippen LogP) is 3.46. The molecule has 4 aromatic rings. The predicted molar refractivity (Wildman–Crippen MR) is 113 cm³/mol. The van der Waals surface area contributed by atoms with E-state index in [-0.39, 0.29) is 28.1 Å². The molecule has 0 atom stereocenters. The minimum Gasteiger partial charge on any atom is -0.475 e. The second kappa shape index (κ2) is 8.57. The van der Waals surface area contributed by atoms with E-state index in [9.17, 15) is 8.42 Å². The highest BCUT2D eigenvalue weighted by atomic mass is 35.5. The van der Waals surface area contributed by atoms with E-state index in [1.807, 2.05) is 30.3 Å². The molecule has 154 valence electrons. The molecule has 0 aliphatic rings. The van der Waals surface area contributed by atoms with Crippen molar-refractivity contribution >= 4 is 38.9 Å². The first-order valence-electron chi connectivity index (χ1n) is 8.79. The van der Waals surface area contributed by atoms with Crippen molar-refractivity contribution in [1.29, 1.82) is 0 Å². The molecule has 0 saturated carbocycles. The minimum absolute atomic E-state index is 0.0217. The summed E-state index contributed by atoms with van der Waals surface area (Å²) in [6.45, 7) is 0.109. The number of fused-ring (bicyclic) bond motifs is 1. The monoisotopic (exact) mass is 463 g/mol. The van der Waals surface area contributed by atoms with E-state index in [1.165, 1.54) is 18.2 Å². The van der Waals surface area contributed by atoms with Gasteiger partial charge in [-0.15, -0.1) is 15.3 Å². The van der Waals surface area contributed by atoms with E-state index in [0.29, 0.717) is 17.4 Å². The number of benzene rings is 2. The van der Waals surface area contributed by atoms with Gasteiger partial charge < -0.3 is 4.74 Å². The molecule has 0 unspecified atom stereocenters. The molecule has 8 nitrogen and oxygen atoms in total. The second-order valence-corrected chi connectivity index (χ2v) is 8.73. The maximum Gasteiger partial charge on any atom is 0.240 e. The van der Waals surface area contributed by atoms with Crippen molar-refractivity contribution in [2.45, 2.75) is 4.90 Å². The van der Waals surface area contributed by atoms with Gasteiger partial charge in [-0.25, -0.2) is 13.1 Å². The lowest BCUT2D eigenvalue weighted by Crippen LogP contribution is -2.28. The molecule has 2 aromatic carbocycles. The zero-order chi connectivity index (χ0) is 21.1. The van der Waals surface area contributed by atoms with Crippen LogP contribution in [0.2, 0.25) is 10.0 Å². The summed E-state index contributed by atoms with van der Waals surface area (Å²) in [6.07, 6.45) is 0. The molecule has 0 bridgehead atoms. The molecular weight excluding hydrogens is 449 g/mol. The highest BCUT2D eigenvalue weighted by Crippen LogP contribution is 2.24. The van der Waals surface area contributed by atoms with Gasteiger partial charge in [-0.3, -0.25) is 0 Å². The Morgan fingerprint density at radius 2 is 1.77 bits per heavy atom. The molecule has 0 fully saturated rings. The Kier molecular flexibility index (Phi) is 5.87. The number of nitrogens with one attached hydrogen (secondary N) is 1. The van der Waals surface area contributed by atoms with Crippen LogP contribution in [0.3, 0.4) is 0 Å². The topological polar surface area (TPSA) is 98.5 Å². The van der Waals surface area contributed by atoms with Gasteiger partial charge in [-0.1, -0.05) is 53.5 Å². The third kappa shape index (κ3) is 4.39. The smallest absolute Gasteiger partial charge is 0.240 e. The zero-order valence-corrected chi connectivity index (χ0v) is 17.7. The molecule has 2 aromatic heterocycles. The van der Waals surface area contributed by atoms with Crippen molar-refractivity contribution in [2.75, 3.05) is 13.2 Å². The Morgan fingerprint density at radius 1 is 0.967 bits per heavy atom. The lowest BCUT2D eigenvalue weighted by molar-refractivity contribution is 0.306. The zero-order valence-electron chi connectivity index (χ0n) is 15.4. The van der Waals surface area contributed by atoms with Crippen LogP contribution in [0.15, 0.2) is 65.6 Å². The molecule has 4 rings (SSSR count). The third-order valence-corrected chi connectivity index (χ3v) is 6.31. The summed E-state index contributed by atoms with van der Waals surface area (Å²) in [5.74, 6) is 0.893. The van der Waals surface area contributed by atoms with Gasteiger partial charge in [0.15, 0.2) is 11.5 Å². The van der Waals surface area contributed by atoms with Crippen molar-refractivity contribution in [3.8, 4) is 17.3 Å². The fourth-order valence-electron chi connectivity index (χ4n) is 2.68. The van der Waals surface area contributed by atoms with Crippen molar-refractivity contribution in [2.24, 2.45) is 0 Å². The van der Waals surface area contributed by atoms with Crippen molar-refractivity contribution in [3.63, 3.8) is 0 Å². The first kappa shape index (κ1) is 20.5. The number of nitrogens with zero attached hydrogens (tertiary/aromatic N) is 4. The van der Waals surface area contributed by atoms with E-state index < -0.39 is 10.0 Å². The Bertz CT molecular complexity index is 1300. The molecule has 0 saturated heterocycles. The average Bonchev–Trinajstić information content (AvgIpc) is 3.17. The lowest BCUT2D eigenvalue weighted by atomic mass is 10.2. The summed E-state index contributed by atoms with van der Waals surface area (Å²) in [7, 11) is -3.74. The Labute approximate surface area is 182 Å². The molecule has 1 N–H and O–H groups in total. The van der Waals surface area contributed by atoms with Crippen LogP contribution >= 0.6 is 23.2 Å². The number of aromatic nitrogens is 4. The molecular formula is C19H15Cl2N5O3S. The normalized spacial score (nSPS) is 11.7. The summed E-state index contributed by atoms with van der Waals surface area (Å²) in [4.78, 5) is 0.0217. The number of sulfonamides is 1. The SMILES string of the molecule is O=S(=O)(NCCOc1ccc2nnc(-c3ccccc3)n2n1)c1ccc(Cl)c(Cl)c1. The van der Waals surface area contributed by atoms with Crippen LogP contribution in [0.5, 0.6) is 5.88 Å². The van der Waals surface area contributed by atoms with Crippen molar-refractivity contribution in [3.05, 3.63) is 70.7 Å². The van der Waals surface area contributed by atoms with Gasteiger partial charge in [0.1, 0.15) is 6.61 Å². The summed E-state index contributed by atoms with van der Waals surface area (Å²) in [5.41, 5.74) is 1.44. The van der Waals surface area contributed by atoms with E-state index >= 15 is 0 Å². The largest absolute Gasteiger partial charge is 0.475 e. The number of ether oxygens (including phenoxy) is 1. The van der Waals surface area contributed by atoms with E-state index in [0.717, 1.165) is 5.56 Å². The number of hydrogen-bond acceptors (Lipinski definition) is 6. The van der Waals surface area contributed by atoms with Gasteiger partial charge >= 0.3 is 0 Å². The van der Waals surface area contributed by atoms with E-state index in [4.69, 9.17) is 27.9 Å². The fourth-order valence-corrected chi connectivity index (χ4v) is 4.08. The maximum absolute atomic E-state index is 12.3. The van der Waals surface area contributed by atoms with E-state index in [2.05, 4.69) is 20.0 Å². The summed E-state index contributed by atoms with van der Waals surface area (Å²) >= 11 is 11.7. The highest BCUT2D eigenvalue weighted by Gasteiger charge is 2.15. The molecule has 0 amide bonds. The van der Waals surface area contributed by atoms with Crippen LogP contribution in [0.25, 0.3) is 17.0 Å². The Morgan fingerprint density at radius 3 is 2.53 bits per heavy atom. The van der Waals surface area contributed by atoms with Gasteiger partial charge in [0, 0.05) is 18.2 Å². The third-order valence-electron chi connectivity index (χ3n) is 4.12. The summed E-state index contributed by atoms with van der Waals surface area (Å²) in [5, 5.41) is 13.1. The van der Waals surface area contributed by atoms with Crippen LogP contribution in [0.4, 0.5) is 0 Å². The molecule has 0 radical (unpaired) electrons. The molecule has 30 heavy (non-hydrogen) atoms. The van der Waals surface area contributed by atoms with Crippen LogP contribution < -0.4 is 9.46 Å². The maximum atomic E-state index is 12.3. The standard InChI is InChI=1S/C19H15Cl2N5O3S/c20-15-7-6-14(12-16(15)21)30(27,28)22-10-11-29-18-9-8-17-23-24-19(26(17)25-18)13-4-2-1-3-5-13/h1-9,12,22H,10-11H2. The molecule has 0 aliphatic heterocycles. The molecule has 0 aliphatic carbocycles. The van der Waals surface area contributed by atoms with Gasteiger partial charge in [-0.2, -0.15) is 4.52 Å². The first-order chi connectivity index (χ1) is 14.4. The number of hydrogen-bond donors (Lipinski definition) is 1. The van der Waals surface area contributed by atoms with Gasteiger partial charge in [0.05, 0.1) is 14.9 Å². The van der Waals surface area contributed by atoms with Crippen LogP contribution in [0, 0.1) is 0 Å². The average molecular weight is 464 g/mol. The fraction of sp³-hybridized carbons (Fsp3) is 0.105. The van der Waals surface area contributed by atoms with Crippen molar-refractivity contribution < 1.29 is 13.2 Å². The van der Waals surface area contributed by atoms with E-state index in [1.54, 1.807) is 16.6 Å². The van der Waals surface area contributed by atoms with Gasteiger partial charge in [0.2, 0.25) is 15.9 Å². The molecule has 11 heteroatoms. The Hall–Kier alpha value is -2.72. The van der Waals surface area contributed by atoms with Crippen LogP contribution in [0.1, 0.15) is 0 Å². The molecule has 0 spiro atoms. The quantitative estimate of drug-likeness (QED) is 0.421. The van der Waals surface area contributed by atoms with Crippen LogP contribution in [-0.4, -0.2) is 41.4 Å². The molecule has 2 heterocycles. The number of rotatable bonds is 7. The minimum atomic E-state index is -3.74. The van der Waals surface area contributed by atoms with Crippen LogP contribution in [-0.2, 0) is 10.0 Å². The lowest BCUT2D eigenvalue weighted by Gasteiger charge is -2.09. The summed E-state index contributed by atoms with van der Waals surface area (Å²) < 4.78 is 34.3. The first-order valence-corrected chi connectivity index (χ1v) is 11.0. The highest BCUT2D eigenvalue weighted by molar-refractivity contribution is 7.89.